The number of aromatic nitrogens is 2. The predicted octanol–water partition coefficient (Wildman–Crippen LogP) is 3.44. The molecule has 0 atom stereocenters. The lowest BCUT2D eigenvalue weighted by Gasteiger charge is -2.34. The van der Waals surface area contributed by atoms with Crippen molar-refractivity contribution in [1.82, 2.24) is 24.5 Å². The summed E-state index contributed by atoms with van der Waals surface area (Å²) < 4.78 is 1.94. The molecule has 3 aromatic rings. The number of hydrogen-bond acceptors (Lipinski definition) is 5. The van der Waals surface area contributed by atoms with Crippen LogP contribution in [0.25, 0.3) is 16.6 Å². The number of nitrogens with zero attached hydrogens (tertiary/aromatic N) is 5. The largest absolute Gasteiger partial charge is 0.342 e. The van der Waals surface area contributed by atoms with Crippen LogP contribution >= 0.6 is 11.3 Å². The Hall–Kier alpha value is -3.23. The summed E-state index contributed by atoms with van der Waals surface area (Å²) in [6, 6.07) is 14.3. The molecule has 182 valence electrons. The fraction of sp³-hybridized carbons (Fsp3) is 0.370. The van der Waals surface area contributed by atoms with E-state index in [4.69, 9.17) is 5.10 Å². The molecule has 5 rings (SSSR count). The van der Waals surface area contributed by atoms with Crippen LogP contribution in [0, 0.1) is 0 Å². The quantitative estimate of drug-likeness (QED) is 0.477. The number of amides is 2. The van der Waals surface area contributed by atoms with Crippen LogP contribution in [0.5, 0.6) is 0 Å². The van der Waals surface area contributed by atoms with Gasteiger partial charge in [-0.25, -0.2) is 0 Å². The van der Waals surface area contributed by atoms with Crippen molar-refractivity contribution in [3.8, 4) is 10.6 Å². The molecular weight excluding hydrogens is 458 g/mol. The third-order valence-electron chi connectivity index (χ3n) is 6.64. The molecule has 1 aromatic carbocycles. The number of carbonyl (C=O) groups excluding carboxylic acids is 2. The Bertz CT molecular complexity index is 1160. The van der Waals surface area contributed by atoms with E-state index >= 15 is 0 Å². The van der Waals surface area contributed by atoms with E-state index in [1.807, 2.05) is 56.4 Å². The maximum Gasteiger partial charge on any atom is 0.246 e. The lowest BCUT2D eigenvalue weighted by Crippen LogP contribution is -2.51. The van der Waals surface area contributed by atoms with E-state index in [0.29, 0.717) is 26.2 Å². The Morgan fingerprint density at radius 2 is 1.69 bits per heavy atom. The molecule has 2 aliphatic heterocycles. The Labute approximate surface area is 210 Å². The molecule has 2 aromatic heterocycles. The molecule has 0 spiro atoms. The minimum Gasteiger partial charge on any atom is -0.342 e. The second kappa shape index (κ2) is 11.0. The maximum atomic E-state index is 12.9. The van der Waals surface area contributed by atoms with Gasteiger partial charge >= 0.3 is 0 Å². The summed E-state index contributed by atoms with van der Waals surface area (Å²) in [5.41, 5.74) is 3.01. The Morgan fingerprint density at radius 1 is 0.914 bits per heavy atom. The number of thiophene rings is 1. The summed E-state index contributed by atoms with van der Waals surface area (Å²) in [5, 5.41) is 6.86. The lowest BCUT2D eigenvalue weighted by atomic mass is 10.2. The molecular formula is C27H31N5O2S. The molecule has 2 saturated heterocycles. The number of hydrogen-bond donors (Lipinski definition) is 0. The van der Waals surface area contributed by atoms with E-state index in [-0.39, 0.29) is 11.8 Å². The van der Waals surface area contributed by atoms with Crippen LogP contribution in [0.3, 0.4) is 0 Å². The van der Waals surface area contributed by atoms with Crippen molar-refractivity contribution in [2.75, 3.05) is 45.8 Å². The van der Waals surface area contributed by atoms with E-state index in [1.54, 1.807) is 17.4 Å². The van der Waals surface area contributed by atoms with Crippen LogP contribution in [0.15, 0.2) is 60.1 Å². The van der Waals surface area contributed by atoms with E-state index in [0.717, 1.165) is 55.2 Å². The average molecular weight is 490 g/mol. The minimum atomic E-state index is 0.00320. The van der Waals surface area contributed by atoms with Gasteiger partial charge in [0.15, 0.2) is 0 Å². The number of carbonyl (C=O) groups is 2. The van der Waals surface area contributed by atoms with E-state index in [9.17, 15) is 9.59 Å². The normalized spacial score (nSPS) is 16.9. The zero-order chi connectivity index (χ0) is 24.0. The number of benzene rings is 1. The fourth-order valence-electron chi connectivity index (χ4n) is 4.67. The first-order chi connectivity index (χ1) is 17.2. The zero-order valence-corrected chi connectivity index (χ0v) is 20.7. The zero-order valence-electron chi connectivity index (χ0n) is 19.9. The summed E-state index contributed by atoms with van der Waals surface area (Å²) in [6.45, 7) is 5.66. The average Bonchev–Trinajstić information content (AvgIpc) is 3.66. The number of likely N-dealkylation sites (tertiary alicyclic amines) is 1. The number of piperazine rings is 1. The van der Waals surface area contributed by atoms with Crippen LogP contribution in [-0.2, 0) is 16.1 Å². The predicted molar refractivity (Wildman–Crippen MR) is 139 cm³/mol. The molecule has 0 bridgehead atoms. The first kappa shape index (κ1) is 23.5. The topological polar surface area (TPSA) is 61.7 Å². The third kappa shape index (κ3) is 5.89. The van der Waals surface area contributed by atoms with Crippen LogP contribution in [-0.4, -0.2) is 82.1 Å². The van der Waals surface area contributed by atoms with Crippen LogP contribution in [0.2, 0.25) is 0 Å². The molecule has 4 heterocycles. The third-order valence-corrected chi connectivity index (χ3v) is 7.52. The van der Waals surface area contributed by atoms with Gasteiger partial charge in [0.05, 0.1) is 18.0 Å². The molecule has 8 heteroatoms. The van der Waals surface area contributed by atoms with Crippen LogP contribution in [0.1, 0.15) is 24.0 Å². The van der Waals surface area contributed by atoms with Gasteiger partial charge in [-0.15, -0.1) is 11.3 Å². The molecule has 2 amide bonds. The van der Waals surface area contributed by atoms with Gasteiger partial charge in [0.25, 0.3) is 0 Å². The van der Waals surface area contributed by atoms with Gasteiger partial charge in [-0.05, 0) is 35.9 Å². The van der Waals surface area contributed by atoms with Crippen molar-refractivity contribution in [3.05, 3.63) is 71.2 Å². The smallest absolute Gasteiger partial charge is 0.246 e. The van der Waals surface area contributed by atoms with Crippen molar-refractivity contribution >= 4 is 29.2 Å². The monoisotopic (exact) mass is 489 g/mol. The fourth-order valence-corrected chi connectivity index (χ4v) is 5.40. The second-order valence-electron chi connectivity index (χ2n) is 9.12. The molecule has 2 aliphatic rings. The summed E-state index contributed by atoms with van der Waals surface area (Å²) in [5.74, 6) is 0.222. The molecule has 0 radical (unpaired) electrons. The molecule has 0 saturated carbocycles. The van der Waals surface area contributed by atoms with Gasteiger partial charge in [0.2, 0.25) is 11.8 Å². The Kier molecular flexibility index (Phi) is 7.39. The van der Waals surface area contributed by atoms with Crippen LogP contribution in [0.4, 0.5) is 0 Å². The summed E-state index contributed by atoms with van der Waals surface area (Å²) in [7, 11) is 0. The van der Waals surface area contributed by atoms with Crippen molar-refractivity contribution in [2.45, 2.75) is 19.4 Å². The molecule has 0 unspecified atom stereocenters. The minimum absolute atomic E-state index is 0.00320. The highest BCUT2D eigenvalue weighted by atomic mass is 32.1. The van der Waals surface area contributed by atoms with Gasteiger partial charge in [0, 0.05) is 57.1 Å². The summed E-state index contributed by atoms with van der Waals surface area (Å²) in [6.07, 6.45) is 7.77. The Balaban J connectivity index is 1.21. The maximum absolute atomic E-state index is 12.9. The standard InChI is InChI=1S/C27H31N5O2S/c33-25(31-16-14-29(15-17-31)21-26(34)30-12-4-5-13-30)11-10-23-20-32(19-22-7-2-1-3-8-22)28-27(23)24-9-6-18-35-24/h1-3,6-11,18,20H,4-5,12-17,19,21H2/b11-10+. The highest BCUT2D eigenvalue weighted by Crippen LogP contribution is 2.28. The molecule has 0 N–H and O–H groups in total. The van der Waals surface area contributed by atoms with Crippen molar-refractivity contribution in [3.63, 3.8) is 0 Å². The van der Waals surface area contributed by atoms with Crippen molar-refractivity contribution in [2.24, 2.45) is 0 Å². The summed E-state index contributed by atoms with van der Waals surface area (Å²) in [4.78, 5) is 32.4. The van der Waals surface area contributed by atoms with Gasteiger partial charge in [0.1, 0.15) is 5.69 Å². The van der Waals surface area contributed by atoms with E-state index in [2.05, 4.69) is 23.1 Å². The SMILES string of the molecule is O=C(/C=C/c1cn(Cc2ccccc2)nc1-c1cccs1)N1CCN(CC(=O)N2CCCC2)CC1. The van der Waals surface area contributed by atoms with Crippen molar-refractivity contribution < 1.29 is 9.59 Å². The van der Waals surface area contributed by atoms with Gasteiger partial charge in [-0.3, -0.25) is 19.2 Å². The lowest BCUT2D eigenvalue weighted by molar-refractivity contribution is -0.132. The molecule has 2 fully saturated rings. The van der Waals surface area contributed by atoms with E-state index < -0.39 is 0 Å². The number of rotatable bonds is 7. The summed E-state index contributed by atoms with van der Waals surface area (Å²) >= 11 is 1.64. The molecule has 0 aliphatic carbocycles. The first-order valence-corrected chi connectivity index (χ1v) is 13.2. The van der Waals surface area contributed by atoms with Crippen LogP contribution < -0.4 is 0 Å². The highest BCUT2D eigenvalue weighted by Gasteiger charge is 2.24. The van der Waals surface area contributed by atoms with Crippen molar-refractivity contribution in [1.29, 1.82) is 0 Å². The molecule has 7 nitrogen and oxygen atoms in total. The second-order valence-corrected chi connectivity index (χ2v) is 10.1. The highest BCUT2D eigenvalue weighted by molar-refractivity contribution is 7.13. The Morgan fingerprint density at radius 3 is 2.40 bits per heavy atom. The van der Waals surface area contributed by atoms with Gasteiger partial charge in [-0.2, -0.15) is 5.10 Å². The molecule has 35 heavy (non-hydrogen) atoms. The van der Waals surface area contributed by atoms with E-state index in [1.165, 1.54) is 5.56 Å². The van der Waals surface area contributed by atoms with Gasteiger partial charge in [-0.1, -0.05) is 36.4 Å². The first-order valence-electron chi connectivity index (χ1n) is 12.3. The van der Waals surface area contributed by atoms with Gasteiger partial charge < -0.3 is 9.80 Å².